The van der Waals surface area contributed by atoms with Gasteiger partial charge in [0.2, 0.25) is 0 Å². The van der Waals surface area contributed by atoms with Gasteiger partial charge in [0.05, 0.1) is 0 Å². The van der Waals surface area contributed by atoms with Crippen LogP contribution in [0.2, 0.25) is 0 Å². The van der Waals surface area contributed by atoms with Crippen LogP contribution in [0.3, 0.4) is 0 Å². The van der Waals surface area contributed by atoms with Crippen LogP contribution in [0.15, 0.2) is 18.2 Å². The fourth-order valence-electron chi connectivity index (χ4n) is 1.41. The Hall–Kier alpha value is -1.31. The number of amides is 1. The minimum absolute atomic E-state index is 0.0590. The smallest absolute Gasteiger partial charge is 0.251 e. The number of nitrogens with one attached hydrogen (secondary N) is 1. The SMILES string of the molecule is CC.CC.Cc1cccc2c1CNC2=O. The van der Waals surface area contributed by atoms with Crippen molar-refractivity contribution in [2.75, 3.05) is 0 Å². The largest absolute Gasteiger partial charge is 0.348 e. The number of hydrogen-bond donors (Lipinski definition) is 1. The van der Waals surface area contributed by atoms with E-state index in [9.17, 15) is 4.79 Å². The first-order chi connectivity index (χ1) is 7.29. The molecule has 0 bridgehead atoms. The summed E-state index contributed by atoms with van der Waals surface area (Å²) in [6, 6.07) is 5.81. The van der Waals surface area contributed by atoms with Crippen LogP contribution >= 0.6 is 0 Å². The lowest BCUT2D eigenvalue weighted by molar-refractivity contribution is 0.0966. The zero-order valence-corrected chi connectivity index (χ0v) is 10.3. The molecule has 0 unspecified atom stereocenters. The minimum atomic E-state index is 0.0590. The average molecular weight is 207 g/mol. The molecule has 1 amide bonds. The van der Waals surface area contributed by atoms with Crippen LogP contribution in [-0.4, -0.2) is 5.91 Å². The Morgan fingerprint density at radius 2 is 1.73 bits per heavy atom. The molecule has 2 rings (SSSR count). The van der Waals surface area contributed by atoms with E-state index in [-0.39, 0.29) is 5.91 Å². The van der Waals surface area contributed by atoms with Gasteiger partial charge in [-0.3, -0.25) is 4.79 Å². The third kappa shape index (κ3) is 3.08. The van der Waals surface area contributed by atoms with Gasteiger partial charge < -0.3 is 5.32 Å². The molecule has 0 saturated carbocycles. The van der Waals surface area contributed by atoms with E-state index >= 15 is 0 Å². The van der Waals surface area contributed by atoms with E-state index < -0.39 is 0 Å². The summed E-state index contributed by atoms with van der Waals surface area (Å²) >= 11 is 0. The maximum absolute atomic E-state index is 11.1. The lowest BCUT2D eigenvalue weighted by atomic mass is 10.1. The number of carbonyl (C=O) groups excluding carboxylic acids is 1. The number of benzene rings is 1. The van der Waals surface area contributed by atoms with E-state index in [0.29, 0.717) is 6.54 Å². The second-order valence-corrected chi connectivity index (χ2v) is 2.78. The first-order valence-electron chi connectivity index (χ1n) is 5.66. The highest BCUT2D eigenvalue weighted by molar-refractivity contribution is 5.98. The van der Waals surface area contributed by atoms with Gasteiger partial charge in [0.25, 0.3) is 5.91 Å². The van der Waals surface area contributed by atoms with Gasteiger partial charge in [0, 0.05) is 12.1 Å². The van der Waals surface area contributed by atoms with Crippen LogP contribution in [0.25, 0.3) is 0 Å². The summed E-state index contributed by atoms with van der Waals surface area (Å²) in [7, 11) is 0. The number of aryl methyl sites for hydroxylation is 1. The molecule has 2 nitrogen and oxygen atoms in total. The summed E-state index contributed by atoms with van der Waals surface area (Å²) < 4.78 is 0. The third-order valence-corrected chi connectivity index (χ3v) is 2.08. The second kappa shape index (κ2) is 7.04. The van der Waals surface area contributed by atoms with Gasteiger partial charge in [-0.05, 0) is 24.1 Å². The van der Waals surface area contributed by atoms with E-state index in [1.807, 2.05) is 52.8 Å². The van der Waals surface area contributed by atoms with E-state index in [2.05, 4.69) is 5.32 Å². The van der Waals surface area contributed by atoms with Crippen molar-refractivity contribution in [3.63, 3.8) is 0 Å². The quantitative estimate of drug-likeness (QED) is 0.695. The molecule has 0 radical (unpaired) electrons. The van der Waals surface area contributed by atoms with Gasteiger partial charge in [0.1, 0.15) is 0 Å². The highest BCUT2D eigenvalue weighted by atomic mass is 16.1. The lowest BCUT2D eigenvalue weighted by Gasteiger charge is -1.97. The second-order valence-electron chi connectivity index (χ2n) is 2.78. The van der Waals surface area contributed by atoms with Gasteiger partial charge in [-0.25, -0.2) is 0 Å². The molecule has 0 aliphatic carbocycles. The van der Waals surface area contributed by atoms with E-state index in [1.54, 1.807) is 0 Å². The number of carbonyl (C=O) groups is 1. The highest BCUT2D eigenvalue weighted by Crippen LogP contribution is 2.18. The number of rotatable bonds is 0. The summed E-state index contributed by atoms with van der Waals surface area (Å²) in [5, 5.41) is 2.79. The molecule has 84 valence electrons. The molecule has 2 heteroatoms. The van der Waals surface area contributed by atoms with Crippen molar-refractivity contribution < 1.29 is 4.79 Å². The lowest BCUT2D eigenvalue weighted by Crippen LogP contribution is -2.12. The molecule has 0 fully saturated rings. The molecule has 1 heterocycles. The van der Waals surface area contributed by atoms with E-state index in [4.69, 9.17) is 0 Å². The highest BCUT2D eigenvalue weighted by Gasteiger charge is 2.18. The van der Waals surface area contributed by atoms with Crippen molar-refractivity contribution in [3.8, 4) is 0 Å². The molecule has 1 aromatic rings. The van der Waals surface area contributed by atoms with Crippen LogP contribution in [0, 0.1) is 6.92 Å². The van der Waals surface area contributed by atoms with Crippen LogP contribution < -0.4 is 5.32 Å². The van der Waals surface area contributed by atoms with Gasteiger partial charge in [-0.15, -0.1) is 0 Å². The van der Waals surface area contributed by atoms with Crippen LogP contribution in [0.5, 0.6) is 0 Å². The zero-order valence-electron chi connectivity index (χ0n) is 10.3. The average Bonchev–Trinajstić information content (AvgIpc) is 2.68. The maximum atomic E-state index is 11.1. The number of fused-ring (bicyclic) bond motifs is 1. The van der Waals surface area contributed by atoms with Gasteiger partial charge in [0.15, 0.2) is 0 Å². The Labute approximate surface area is 92.7 Å². The predicted molar refractivity (Wildman–Crippen MR) is 65.0 cm³/mol. The molecule has 0 saturated heterocycles. The molecule has 0 atom stereocenters. The molecular weight excluding hydrogens is 186 g/mol. The topological polar surface area (TPSA) is 29.1 Å². The third-order valence-electron chi connectivity index (χ3n) is 2.08. The van der Waals surface area contributed by atoms with E-state index in [0.717, 1.165) is 11.1 Å². The van der Waals surface area contributed by atoms with Gasteiger partial charge >= 0.3 is 0 Å². The fourth-order valence-corrected chi connectivity index (χ4v) is 1.41. The minimum Gasteiger partial charge on any atom is -0.348 e. The molecule has 15 heavy (non-hydrogen) atoms. The fraction of sp³-hybridized carbons (Fsp3) is 0.462. The monoisotopic (exact) mass is 207 g/mol. The predicted octanol–water partition coefficient (Wildman–Crippen LogP) is 3.29. The van der Waals surface area contributed by atoms with E-state index in [1.165, 1.54) is 5.56 Å². The Morgan fingerprint density at radius 1 is 1.13 bits per heavy atom. The first-order valence-corrected chi connectivity index (χ1v) is 5.66. The Bertz CT molecular complexity index is 318. The van der Waals surface area contributed by atoms with Gasteiger partial charge in [-0.2, -0.15) is 0 Å². The van der Waals surface area contributed by atoms with Crippen molar-refractivity contribution >= 4 is 5.91 Å². The van der Waals surface area contributed by atoms with Crippen LogP contribution in [-0.2, 0) is 6.54 Å². The summed E-state index contributed by atoms with van der Waals surface area (Å²) in [6.07, 6.45) is 0. The van der Waals surface area contributed by atoms with Crippen molar-refractivity contribution in [3.05, 3.63) is 34.9 Å². The molecule has 0 spiro atoms. The molecule has 1 aromatic carbocycles. The summed E-state index contributed by atoms with van der Waals surface area (Å²) in [6.45, 7) is 10.7. The van der Waals surface area contributed by atoms with Crippen molar-refractivity contribution in [2.24, 2.45) is 0 Å². The molecular formula is C13H21NO. The standard InChI is InChI=1S/C9H9NO.2C2H6/c1-6-3-2-4-7-8(6)5-10-9(7)11;2*1-2/h2-4H,5H2,1H3,(H,10,11);2*1-2H3. The Kier molecular flexibility index (Phi) is 6.43. The molecule has 1 aliphatic heterocycles. The summed E-state index contributed by atoms with van der Waals surface area (Å²) in [5.41, 5.74) is 3.18. The maximum Gasteiger partial charge on any atom is 0.251 e. The van der Waals surface area contributed by atoms with Crippen molar-refractivity contribution in [2.45, 2.75) is 41.2 Å². The van der Waals surface area contributed by atoms with Crippen molar-refractivity contribution in [1.82, 2.24) is 5.32 Å². The first kappa shape index (κ1) is 13.7. The van der Waals surface area contributed by atoms with Crippen molar-refractivity contribution in [1.29, 1.82) is 0 Å². The van der Waals surface area contributed by atoms with Crippen LogP contribution in [0.4, 0.5) is 0 Å². The number of hydrogen-bond acceptors (Lipinski definition) is 1. The Morgan fingerprint density at radius 3 is 2.27 bits per heavy atom. The summed E-state index contributed by atoms with van der Waals surface area (Å²) in [4.78, 5) is 11.1. The molecule has 0 aromatic heterocycles. The Balaban J connectivity index is 0.000000442. The van der Waals surface area contributed by atoms with Crippen LogP contribution in [0.1, 0.15) is 49.2 Å². The molecule has 1 aliphatic rings. The summed E-state index contributed by atoms with van der Waals surface area (Å²) in [5.74, 6) is 0.0590. The zero-order chi connectivity index (χ0) is 11.8. The normalized spacial score (nSPS) is 11.4. The molecule has 1 N–H and O–H groups in total. The van der Waals surface area contributed by atoms with Gasteiger partial charge in [-0.1, -0.05) is 39.8 Å².